The van der Waals surface area contributed by atoms with E-state index in [2.05, 4.69) is 15.0 Å². The van der Waals surface area contributed by atoms with Crippen LogP contribution in [0.15, 0.2) is 162 Å². The van der Waals surface area contributed by atoms with Gasteiger partial charge in [-0.05, 0) is 113 Å². The van der Waals surface area contributed by atoms with Crippen LogP contribution in [0.1, 0.15) is 156 Å². The SMILES string of the molecule is CC(C)[C@@H](C(=O)N1C[C@H](O)C[C@H]1C(=O)CCc1ccc(-c2cncs2)cc1)N1Cc2ccccc2C1=O.CC(C)[C@@H](C(=O)N1C[C@H](O)C[C@H]1C(=O)CCc1ccc(-c2scnc2C(F)(F)F)cc1)N1Cc2ccccc2C1=O.Cc1ncsc1-c1ccc(CCC(=O)[C@@H]2C[C@@H](O)CN2C(=O)[C@H](C(C)C)N2Cc3ccccc3C2=O)cc1F. The van der Waals surface area contributed by atoms with Crippen molar-refractivity contribution in [3.05, 3.63) is 230 Å². The molecule has 3 N–H and O–H groups in total. The molecule has 6 aliphatic rings. The van der Waals surface area contributed by atoms with Crippen LogP contribution < -0.4 is 0 Å². The minimum atomic E-state index is -4.55. The van der Waals surface area contributed by atoms with Gasteiger partial charge in [0.1, 0.15) is 23.9 Å². The summed E-state index contributed by atoms with van der Waals surface area (Å²) in [6, 6.07) is 37.0. The molecule has 0 unspecified atom stereocenters. The van der Waals surface area contributed by atoms with E-state index in [4.69, 9.17) is 0 Å². The maximum atomic E-state index is 14.9. The summed E-state index contributed by atoms with van der Waals surface area (Å²) in [6.07, 6.45) is -2.94. The third kappa shape index (κ3) is 18.5. The van der Waals surface area contributed by atoms with Crippen molar-refractivity contribution >= 4 is 86.8 Å². The molecule has 612 valence electrons. The molecular formula is C89H93F4N9O12S3. The van der Waals surface area contributed by atoms with Gasteiger partial charge in [0.05, 0.1) is 73.3 Å². The summed E-state index contributed by atoms with van der Waals surface area (Å²) in [5.74, 6) is -2.88. The van der Waals surface area contributed by atoms with E-state index in [9.17, 15) is 76.0 Å². The first-order chi connectivity index (χ1) is 55.9. The number of ketones is 3. The second kappa shape index (κ2) is 36.2. The summed E-state index contributed by atoms with van der Waals surface area (Å²) in [5, 5.41) is 31.3. The number of nitrogens with zero attached hydrogens (tertiary/aromatic N) is 9. The Bertz CT molecular complexity index is 5170. The van der Waals surface area contributed by atoms with Crippen molar-refractivity contribution in [2.24, 2.45) is 17.8 Å². The van der Waals surface area contributed by atoms with Crippen molar-refractivity contribution < 1.29 is 76.0 Å². The third-order valence-corrected chi connectivity index (χ3v) is 25.4. The lowest BCUT2D eigenvalue weighted by Crippen LogP contribution is -2.54. The van der Waals surface area contributed by atoms with E-state index in [0.717, 1.165) is 65.7 Å². The third-order valence-electron chi connectivity index (χ3n) is 22.7. The van der Waals surface area contributed by atoms with Crippen LogP contribution in [0.25, 0.3) is 31.3 Å². The lowest BCUT2D eigenvalue weighted by Gasteiger charge is -2.35. The maximum Gasteiger partial charge on any atom is 0.434 e. The van der Waals surface area contributed by atoms with Crippen molar-refractivity contribution in [2.45, 2.75) is 187 Å². The Labute approximate surface area is 688 Å². The van der Waals surface area contributed by atoms with Gasteiger partial charge in [-0.1, -0.05) is 157 Å². The molecule has 0 bridgehead atoms. The number of thiazole rings is 3. The average molecular weight is 1650 g/mol. The van der Waals surface area contributed by atoms with E-state index in [1.165, 1.54) is 32.1 Å². The number of hydrogen-bond donors (Lipinski definition) is 3. The van der Waals surface area contributed by atoms with Crippen LogP contribution in [0.2, 0.25) is 0 Å². The van der Waals surface area contributed by atoms with Crippen LogP contribution in [0, 0.1) is 30.5 Å². The Hall–Kier alpha value is -10.4. The predicted octanol–water partition coefficient (Wildman–Crippen LogP) is 13.3. The van der Waals surface area contributed by atoms with E-state index < -0.39 is 66.4 Å². The van der Waals surface area contributed by atoms with Crippen LogP contribution in [-0.4, -0.2) is 187 Å². The zero-order valence-corrected chi connectivity index (χ0v) is 68.4. The number of alkyl halides is 3. The molecule has 9 atom stereocenters. The Balaban J connectivity index is 0.000000153. The maximum absolute atomic E-state index is 14.9. The summed E-state index contributed by atoms with van der Waals surface area (Å²) < 4.78 is 54.5. The van der Waals surface area contributed by atoms with Gasteiger partial charge in [0, 0.05) is 106 Å². The van der Waals surface area contributed by atoms with Crippen molar-refractivity contribution in [3.8, 4) is 31.3 Å². The fraction of sp³-hybridized carbons (Fsp3) is 0.393. The van der Waals surface area contributed by atoms with Crippen LogP contribution in [0.4, 0.5) is 17.6 Å². The molecule has 0 saturated carbocycles. The van der Waals surface area contributed by atoms with Gasteiger partial charge in [0.15, 0.2) is 23.0 Å². The smallest absolute Gasteiger partial charge is 0.391 e. The molecular weight excluding hydrogens is 1560 g/mol. The van der Waals surface area contributed by atoms with Crippen molar-refractivity contribution in [1.29, 1.82) is 0 Å². The number of halogens is 4. The monoisotopic (exact) mass is 1650 g/mol. The molecule has 0 radical (unpaired) electrons. The Morgan fingerprint density at radius 1 is 0.462 bits per heavy atom. The van der Waals surface area contributed by atoms with Gasteiger partial charge in [-0.25, -0.2) is 14.4 Å². The van der Waals surface area contributed by atoms with Crippen molar-refractivity contribution in [1.82, 2.24) is 44.4 Å². The molecule has 9 aromatic rings. The number of amides is 6. The van der Waals surface area contributed by atoms with Crippen molar-refractivity contribution in [2.75, 3.05) is 19.6 Å². The van der Waals surface area contributed by atoms with E-state index in [1.807, 2.05) is 127 Å². The molecule has 9 heterocycles. The topological polar surface area (TPSA) is 272 Å². The number of aliphatic hydroxyl groups excluding tert-OH is 3. The van der Waals surface area contributed by atoms with Gasteiger partial charge in [-0.15, -0.1) is 34.0 Å². The van der Waals surface area contributed by atoms with Crippen molar-refractivity contribution in [3.63, 3.8) is 0 Å². The molecule has 28 heteroatoms. The predicted molar refractivity (Wildman–Crippen MR) is 436 cm³/mol. The number of benzene rings is 6. The van der Waals surface area contributed by atoms with E-state index >= 15 is 0 Å². The number of rotatable bonds is 24. The highest BCUT2D eigenvalue weighted by molar-refractivity contribution is 7.14. The van der Waals surface area contributed by atoms with E-state index in [0.29, 0.717) is 72.3 Å². The number of aliphatic hydroxyl groups is 3. The molecule has 6 amide bonds. The van der Waals surface area contributed by atoms with Crippen LogP contribution >= 0.6 is 34.0 Å². The number of fused-ring (bicyclic) bond motifs is 3. The van der Waals surface area contributed by atoms with Crippen LogP contribution in [0.3, 0.4) is 0 Å². The lowest BCUT2D eigenvalue weighted by atomic mass is 9.97. The molecule has 117 heavy (non-hydrogen) atoms. The number of β-amino-alcohol motifs (C(OH)–C–C–N with tert-alkyl or cyclic N) is 3. The summed E-state index contributed by atoms with van der Waals surface area (Å²) in [5.41, 5.74) is 13.3. The molecule has 6 aliphatic heterocycles. The van der Waals surface area contributed by atoms with Gasteiger partial charge in [-0.3, -0.25) is 48.1 Å². The van der Waals surface area contributed by atoms with Gasteiger partial charge in [0.25, 0.3) is 17.7 Å². The number of likely N-dealkylation sites (tertiary alicyclic amines) is 3. The Morgan fingerprint density at radius 3 is 1.18 bits per heavy atom. The average Bonchev–Trinajstić information content (AvgIpc) is 1.63. The summed E-state index contributed by atoms with van der Waals surface area (Å²) >= 11 is 3.87. The number of Topliss-reactive ketones (excluding diaryl/α,β-unsaturated/α-hetero) is 3. The normalized spacial score (nSPS) is 19.7. The number of aromatic nitrogens is 3. The fourth-order valence-corrected chi connectivity index (χ4v) is 19.1. The second-order valence-corrected chi connectivity index (χ2v) is 34.4. The summed E-state index contributed by atoms with van der Waals surface area (Å²) in [6.45, 7) is 14.3. The molecule has 3 fully saturated rings. The summed E-state index contributed by atoms with van der Waals surface area (Å²) in [4.78, 5) is 144. The van der Waals surface area contributed by atoms with Gasteiger partial charge >= 0.3 is 6.18 Å². The first-order valence-electron chi connectivity index (χ1n) is 39.4. The number of carbonyl (C=O) groups excluding carboxylic acids is 9. The molecule has 3 aromatic heterocycles. The highest BCUT2D eigenvalue weighted by atomic mass is 32.1. The lowest BCUT2D eigenvalue weighted by molar-refractivity contribution is -0.143. The second-order valence-electron chi connectivity index (χ2n) is 31.8. The molecule has 21 nitrogen and oxygen atoms in total. The number of carbonyl (C=O) groups is 9. The molecule has 0 aliphatic carbocycles. The highest BCUT2D eigenvalue weighted by Crippen LogP contribution is 2.41. The zero-order chi connectivity index (χ0) is 83.4. The first kappa shape index (κ1) is 84.6. The minimum absolute atomic E-state index is 0.0124. The first-order valence-corrected chi connectivity index (χ1v) is 42.0. The van der Waals surface area contributed by atoms with E-state index in [1.54, 1.807) is 97.7 Å². The van der Waals surface area contributed by atoms with Crippen LogP contribution in [-0.2, 0) is 73.8 Å². The molecule has 0 spiro atoms. The largest absolute Gasteiger partial charge is 0.434 e. The number of aryl methyl sites for hydroxylation is 4. The highest BCUT2D eigenvalue weighted by Gasteiger charge is 2.50. The Kier molecular flexibility index (Phi) is 26.2. The minimum Gasteiger partial charge on any atom is -0.391 e. The van der Waals surface area contributed by atoms with Crippen LogP contribution in [0.5, 0.6) is 0 Å². The zero-order valence-electron chi connectivity index (χ0n) is 65.9. The fourth-order valence-electron chi connectivity index (χ4n) is 16.9. The Morgan fingerprint density at radius 2 is 0.829 bits per heavy atom. The molecule has 6 aromatic carbocycles. The van der Waals surface area contributed by atoms with Gasteiger partial charge in [-0.2, -0.15) is 13.2 Å². The quantitative estimate of drug-likeness (QED) is 0.0475. The molecule has 15 rings (SSSR count). The van der Waals surface area contributed by atoms with Gasteiger partial charge in [0.2, 0.25) is 17.7 Å². The molecule has 3 saturated heterocycles. The standard InChI is InChI=1S/C30H30F3N3O4S.C30H32FN3O4S.C29H31N3O4S/c1-17(2)25(36-14-20-5-3-4-6-22(20)28(36)39)29(40)35-15-21(37)13-23(35)24(38)12-9-18-7-10-19(11-8-18)26-27(30(31,32)33)34-16-41-26;1-17(2)27(34-14-20-6-4-5-7-22(20)29(34)37)30(38)33-15-21(35)13-25(33)26(36)11-9-19-8-10-23(24(31)12-19)28-18(3)32-16-39-28;1-18(2)27(32-15-21-5-3-4-6-23(21)28(32)35)29(36)31-16-22(33)13-24(31)25(34)12-9-19-7-10-20(11-8-19)26-14-30-17-37-26/h3-8,10-11,16-17,21,23,25,37H,9,12-15H2,1-2H3;4-8,10,12,16-17,21,25,27,35H,9,11,13-15H2,1-3H3;3-8,10-11,14,17-18,22,24,27,33H,9,12-13,15-16H2,1-2H3/t21-,23+,25+;21-,25+,27+;22-,24+,27+/m111/s1. The van der Waals surface area contributed by atoms with Gasteiger partial charge < -0.3 is 44.7 Å². The number of hydrogen-bond acceptors (Lipinski definition) is 18. The van der Waals surface area contributed by atoms with E-state index in [-0.39, 0.29) is 139 Å². The summed E-state index contributed by atoms with van der Waals surface area (Å²) in [7, 11) is 0.